The molecule has 0 fully saturated rings. The Morgan fingerprint density at radius 3 is 1.90 bits per heavy atom. The van der Waals surface area contributed by atoms with Crippen LogP contribution in [0, 0.1) is 12.1 Å². The van der Waals surface area contributed by atoms with E-state index in [0.29, 0.717) is 0 Å². The molecule has 0 unspecified atom stereocenters. The van der Waals surface area contributed by atoms with Crippen molar-refractivity contribution in [3.05, 3.63) is 115 Å². The van der Waals surface area contributed by atoms with Gasteiger partial charge in [-0.05, 0) is 28.1 Å². The van der Waals surface area contributed by atoms with Crippen LogP contribution in [0.25, 0.3) is 44.5 Å². The Bertz CT molecular complexity index is 1700. The summed E-state index contributed by atoms with van der Waals surface area (Å²) in [5, 5.41) is 3.58. The van der Waals surface area contributed by atoms with Gasteiger partial charge in [0.25, 0.3) is 0 Å². The maximum Gasteiger partial charge on any atom is 0.139 e. The molecule has 0 atom stereocenters. The van der Waals surface area contributed by atoms with Gasteiger partial charge in [-0.2, -0.15) is 0 Å². The van der Waals surface area contributed by atoms with Crippen molar-refractivity contribution >= 4 is 35.2 Å². The van der Waals surface area contributed by atoms with Gasteiger partial charge < -0.3 is 14.4 Å². The molecular weight excluding hydrogens is 685 g/mol. The smallest absolute Gasteiger partial charge is 0.139 e. The predicted octanol–water partition coefficient (Wildman–Crippen LogP) is 8.84. The normalized spacial score (nSPS) is 11.6. The molecule has 40 heavy (non-hydrogen) atoms. The minimum absolute atomic E-state index is 0. The third-order valence-corrected chi connectivity index (χ3v) is 8.82. The number of benzene rings is 3. The van der Waals surface area contributed by atoms with Gasteiger partial charge in [0.2, 0.25) is 0 Å². The fourth-order valence-corrected chi connectivity index (χ4v) is 5.57. The summed E-state index contributed by atoms with van der Waals surface area (Å²) in [5.41, 5.74) is 7.02. The van der Waals surface area contributed by atoms with E-state index in [2.05, 4.69) is 92.8 Å². The Morgan fingerprint density at radius 2 is 1.35 bits per heavy atom. The van der Waals surface area contributed by atoms with Crippen LogP contribution in [0.2, 0.25) is 19.6 Å². The summed E-state index contributed by atoms with van der Waals surface area (Å²) in [6.07, 6.45) is 3.92. The molecule has 0 N–H and O–H groups in total. The van der Waals surface area contributed by atoms with Gasteiger partial charge in [-0.1, -0.05) is 70.7 Å². The molecule has 1 radical (unpaired) electrons. The zero-order chi connectivity index (χ0) is 27.6. The van der Waals surface area contributed by atoms with Crippen LogP contribution >= 0.6 is 0 Å². The summed E-state index contributed by atoms with van der Waals surface area (Å²) in [6, 6.07) is 34.9. The summed E-state index contributed by atoms with van der Waals surface area (Å²) in [5.74, 6) is 0. The molecule has 5 heteroatoms. The third-order valence-electron chi connectivity index (χ3n) is 6.79. The van der Waals surface area contributed by atoms with Gasteiger partial charge in [-0.3, -0.25) is 0 Å². The molecule has 0 saturated carbocycles. The molecule has 0 aliphatic heterocycles. The molecule has 3 nitrogen and oxygen atoms in total. The van der Waals surface area contributed by atoms with Crippen molar-refractivity contribution in [1.82, 2.24) is 9.97 Å². The summed E-state index contributed by atoms with van der Waals surface area (Å²) in [6.45, 7) is 13.6. The third kappa shape index (κ3) is 6.50. The minimum atomic E-state index is -1.23. The molecule has 0 aliphatic carbocycles. The zero-order valence-electron chi connectivity index (χ0n) is 23.9. The molecule has 6 aromatic rings. The summed E-state index contributed by atoms with van der Waals surface area (Å²) in [7, 11) is -1.23. The molecule has 0 saturated heterocycles. The van der Waals surface area contributed by atoms with Crippen LogP contribution in [0.1, 0.15) is 26.3 Å². The Balaban J connectivity index is 0.000000192. The molecule has 0 bridgehead atoms. The van der Waals surface area contributed by atoms with E-state index in [9.17, 15) is 0 Å². The Hall–Kier alpha value is -3.37. The number of aromatic nitrogens is 2. The van der Waals surface area contributed by atoms with Crippen LogP contribution in [0.5, 0.6) is 0 Å². The number of hydrogen-bond donors (Lipinski definition) is 0. The van der Waals surface area contributed by atoms with Crippen molar-refractivity contribution in [2.24, 2.45) is 0 Å². The maximum absolute atomic E-state index is 6.22. The largest absolute Gasteiger partial charge is 0.456 e. The van der Waals surface area contributed by atoms with E-state index >= 15 is 0 Å². The van der Waals surface area contributed by atoms with Gasteiger partial charge in [0.1, 0.15) is 11.2 Å². The van der Waals surface area contributed by atoms with Crippen LogP contribution in [-0.2, 0) is 25.5 Å². The SMILES string of the molecule is CC(C)(C)c1cccc2c1oc1cc(-c3[c-]cccc3)ncc12.C[Si](C)(C)c1ccc(-c2[c-]cccc2)nc1.[Ir]. The van der Waals surface area contributed by atoms with Crippen molar-refractivity contribution < 1.29 is 24.5 Å². The van der Waals surface area contributed by atoms with E-state index in [1.807, 2.05) is 67.0 Å². The average molecular weight is 719 g/mol. The fourth-order valence-electron chi connectivity index (χ4n) is 4.53. The monoisotopic (exact) mass is 719 g/mol. The minimum Gasteiger partial charge on any atom is -0.456 e. The molecule has 3 aromatic heterocycles. The first kappa shape index (κ1) is 29.6. The van der Waals surface area contributed by atoms with E-state index < -0.39 is 8.07 Å². The van der Waals surface area contributed by atoms with Crippen molar-refractivity contribution in [3.63, 3.8) is 0 Å². The van der Waals surface area contributed by atoms with Gasteiger partial charge in [0, 0.05) is 48.8 Å². The standard InChI is InChI=1S/C21H18NO.C14H16NSi.Ir/c1-21(2,3)17-11-7-10-15-16-13-22-18(12-19(16)23-20(15)17)14-8-5-4-6-9-14;1-16(2,3)13-9-10-14(15-11-13)12-7-5-4-6-8-12;/h4-8,10-13H,1-3H3;4-7,9-11H,1-3H3;/q2*-1;. The molecule has 0 aliphatic rings. The Labute approximate surface area is 252 Å². The van der Waals surface area contributed by atoms with Crippen molar-refractivity contribution in [2.75, 3.05) is 0 Å². The summed E-state index contributed by atoms with van der Waals surface area (Å²) in [4.78, 5) is 9.12. The van der Waals surface area contributed by atoms with Crippen LogP contribution < -0.4 is 5.19 Å². The molecule has 3 aromatic carbocycles. The quantitative estimate of drug-likeness (QED) is 0.136. The second kappa shape index (κ2) is 12.0. The Kier molecular flexibility index (Phi) is 8.89. The van der Waals surface area contributed by atoms with E-state index in [-0.39, 0.29) is 25.5 Å². The van der Waals surface area contributed by atoms with Gasteiger partial charge >= 0.3 is 0 Å². The number of hydrogen-bond acceptors (Lipinski definition) is 3. The topological polar surface area (TPSA) is 38.9 Å². The van der Waals surface area contributed by atoms with Gasteiger partial charge in [-0.15, -0.1) is 71.8 Å². The van der Waals surface area contributed by atoms with E-state index in [0.717, 1.165) is 44.5 Å². The first-order valence-electron chi connectivity index (χ1n) is 13.3. The van der Waals surface area contributed by atoms with E-state index in [4.69, 9.17) is 4.42 Å². The number of pyridine rings is 2. The summed E-state index contributed by atoms with van der Waals surface area (Å²) < 4.78 is 6.22. The van der Waals surface area contributed by atoms with Crippen LogP contribution in [0.4, 0.5) is 0 Å². The first-order valence-corrected chi connectivity index (χ1v) is 16.8. The fraction of sp³-hybridized carbons (Fsp3) is 0.200. The van der Waals surface area contributed by atoms with E-state index in [1.54, 1.807) is 0 Å². The van der Waals surface area contributed by atoms with Crippen LogP contribution in [0.15, 0.2) is 102 Å². The average Bonchev–Trinajstić information content (AvgIpc) is 3.31. The number of nitrogens with zero attached hydrogens (tertiary/aromatic N) is 2. The van der Waals surface area contributed by atoms with Gasteiger partial charge in [0.05, 0.1) is 8.07 Å². The van der Waals surface area contributed by atoms with Gasteiger partial charge in [0.15, 0.2) is 0 Å². The number of rotatable bonds is 3. The molecule has 0 spiro atoms. The second-order valence-electron chi connectivity index (χ2n) is 11.8. The second-order valence-corrected chi connectivity index (χ2v) is 16.9. The first-order chi connectivity index (χ1) is 18.6. The zero-order valence-corrected chi connectivity index (χ0v) is 27.3. The molecular formula is C35H34IrN2OSi-2. The van der Waals surface area contributed by atoms with Crippen LogP contribution in [0.3, 0.4) is 0 Å². The van der Waals surface area contributed by atoms with Crippen molar-refractivity contribution in [2.45, 2.75) is 45.8 Å². The number of fused-ring (bicyclic) bond motifs is 3. The number of furan rings is 1. The van der Waals surface area contributed by atoms with E-state index in [1.165, 1.54) is 10.8 Å². The molecule has 6 rings (SSSR count). The van der Waals surface area contributed by atoms with Gasteiger partial charge in [-0.25, -0.2) is 0 Å². The molecule has 3 heterocycles. The predicted molar refractivity (Wildman–Crippen MR) is 166 cm³/mol. The van der Waals surface area contributed by atoms with Crippen LogP contribution in [-0.4, -0.2) is 18.0 Å². The molecule has 205 valence electrons. The molecule has 0 amide bonds. The summed E-state index contributed by atoms with van der Waals surface area (Å²) >= 11 is 0. The number of para-hydroxylation sites is 1. The Morgan fingerprint density at radius 1 is 0.700 bits per heavy atom. The maximum atomic E-state index is 6.22. The van der Waals surface area contributed by atoms with Crippen molar-refractivity contribution in [3.8, 4) is 22.5 Å². The van der Waals surface area contributed by atoms with Crippen molar-refractivity contribution in [1.29, 1.82) is 0 Å².